The van der Waals surface area contributed by atoms with Gasteiger partial charge in [0, 0.05) is 25.7 Å². The van der Waals surface area contributed by atoms with E-state index in [1.165, 1.54) is 19.1 Å². The molecule has 6 heteroatoms. The number of nitrogens with zero attached hydrogens (tertiary/aromatic N) is 2. The van der Waals surface area contributed by atoms with Gasteiger partial charge in [-0.05, 0) is 38.4 Å². The van der Waals surface area contributed by atoms with Gasteiger partial charge in [0.1, 0.15) is 11.6 Å². The maximum absolute atomic E-state index is 14.2. The number of benzene rings is 1. The van der Waals surface area contributed by atoms with Crippen molar-refractivity contribution in [3.63, 3.8) is 0 Å². The SMILES string of the molecule is Cc1cc(F)c(N2CC(=O)NC3(CCN(C)CC3)C2)cc1F. The third kappa shape index (κ3) is 2.79. The molecule has 0 saturated carbocycles. The van der Waals surface area contributed by atoms with Crippen LogP contribution in [0.4, 0.5) is 14.5 Å². The highest BCUT2D eigenvalue weighted by molar-refractivity contribution is 5.84. The van der Waals surface area contributed by atoms with E-state index in [-0.39, 0.29) is 29.2 Å². The second-order valence-electron chi connectivity index (χ2n) is 6.54. The smallest absolute Gasteiger partial charge is 0.240 e. The van der Waals surface area contributed by atoms with Gasteiger partial charge in [0.05, 0.1) is 17.8 Å². The Kier molecular flexibility index (Phi) is 3.80. The summed E-state index contributed by atoms with van der Waals surface area (Å²) in [5, 5.41) is 3.07. The lowest BCUT2D eigenvalue weighted by Crippen LogP contribution is -2.66. The minimum atomic E-state index is -0.475. The van der Waals surface area contributed by atoms with E-state index in [4.69, 9.17) is 0 Å². The van der Waals surface area contributed by atoms with Gasteiger partial charge in [-0.25, -0.2) is 8.78 Å². The third-order valence-corrected chi connectivity index (χ3v) is 4.75. The lowest BCUT2D eigenvalue weighted by Gasteiger charge is -2.47. The van der Waals surface area contributed by atoms with Crippen LogP contribution in [-0.4, -0.2) is 49.6 Å². The van der Waals surface area contributed by atoms with Crippen LogP contribution in [0.25, 0.3) is 0 Å². The Labute approximate surface area is 129 Å². The molecule has 120 valence electrons. The average Bonchev–Trinajstić information content (AvgIpc) is 2.46. The largest absolute Gasteiger partial charge is 0.357 e. The van der Waals surface area contributed by atoms with Gasteiger partial charge in [-0.3, -0.25) is 4.79 Å². The van der Waals surface area contributed by atoms with Gasteiger partial charge in [0.15, 0.2) is 0 Å². The molecule has 3 rings (SSSR count). The van der Waals surface area contributed by atoms with Gasteiger partial charge in [0.25, 0.3) is 0 Å². The molecule has 1 amide bonds. The number of amides is 1. The normalized spacial score (nSPS) is 22.0. The van der Waals surface area contributed by atoms with E-state index >= 15 is 0 Å². The highest BCUT2D eigenvalue weighted by Gasteiger charge is 2.41. The predicted molar refractivity (Wildman–Crippen MR) is 80.9 cm³/mol. The van der Waals surface area contributed by atoms with Crippen molar-refractivity contribution in [2.24, 2.45) is 0 Å². The van der Waals surface area contributed by atoms with Crippen molar-refractivity contribution < 1.29 is 13.6 Å². The number of hydrogen-bond acceptors (Lipinski definition) is 3. The molecule has 0 aromatic heterocycles. The molecule has 2 fully saturated rings. The van der Waals surface area contributed by atoms with Crippen LogP contribution in [0.5, 0.6) is 0 Å². The Morgan fingerprint density at radius 2 is 1.86 bits per heavy atom. The van der Waals surface area contributed by atoms with E-state index < -0.39 is 11.6 Å². The van der Waals surface area contributed by atoms with Gasteiger partial charge in [0.2, 0.25) is 5.91 Å². The van der Waals surface area contributed by atoms with Crippen molar-refractivity contribution in [2.45, 2.75) is 25.3 Å². The van der Waals surface area contributed by atoms with Gasteiger partial charge in [-0.1, -0.05) is 0 Å². The highest BCUT2D eigenvalue weighted by atomic mass is 19.1. The fourth-order valence-electron chi connectivity index (χ4n) is 3.35. The predicted octanol–water partition coefficient (Wildman–Crippen LogP) is 1.67. The van der Waals surface area contributed by atoms with Crippen molar-refractivity contribution >= 4 is 11.6 Å². The van der Waals surface area contributed by atoms with Crippen LogP contribution >= 0.6 is 0 Å². The molecular formula is C16H21F2N3O. The summed E-state index contributed by atoms with van der Waals surface area (Å²) in [5.41, 5.74) is 0.114. The summed E-state index contributed by atoms with van der Waals surface area (Å²) in [6.45, 7) is 3.89. The summed E-state index contributed by atoms with van der Waals surface area (Å²) >= 11 is 0. The van der Waals surface area contributed by atoms with Crippen LogP contribution in [0, 0.1) is 18.6 Å². The monoisotopic (exact) mass is 309 g/mol. The topological polar surface area (TPSA) is 35.6 Å². The Hall–Kier alpha value is -1.69. The van der Waals surface area contributed by atoms with E-state index in [9.17, 15) is 13.6 Å². The molecule has 2 aliphatic rings. The summed E-state index contributed by atoms with van der Waals surface area (Å²) in [7, 11) is 2.05. The first-order valence-corrected chi connectivity index (χ1v) is 7.59. The summed E-state index contributed by atoms with van der Waals surface area (Å²) in [5.74, 6) is -1.05. The molecule has 22 heavy (non-hydrogen) atoms. The number of carbonyl (C=O) groups is 1. The van der Waals surface area contributed by atoms with E-state index in [1.54, 1.807) is 4.90 Å². The lowest BCUT2D eigenvalue weighted by molar-refractivity contribution is -0.123. The minimum absolute atomic E-state index is 0.0665. The van der Waals surface area contributed by atoms with E-state index in [2.05, 4.69) is 10.2 Å². The summed E-state index contributed by atoms with van der Waals surface area (Å²) in [4.78, 5) is 16.0. The standard InChI is InChI=1S/C16H21F2N3O/c1-11-7-13(18)14(8-12(11)17)21-9-15(22)19-16(10-21)3-5-20(2)6-4-16/h7-8H,3-6,9-10H2,1-2H3,(H,19,22). The molecule has 2 saturated heterocycles. The zero-order valence-corrected chi connectivity index (χ0v) is 13.0. The first kappa shape index (κ1) is 15.2. The number of anilines is 1. The molecule has 1 N–H and O–H groups in total. The van der Waals surface area contributed by atoms with Crippen LogP contribution in [-0.2, 0) is 4.79 Å². The lowest BCUT2D eigenvalue weighted by atomic mass is 9.85. The van der Waals surface area contributed by atoms with Crippen LogP contribution in [0.1, 0.15) is 18.4 Å². The molecule has 2 aliphatic heterocycles. The van der Waals surface area contributed by atoms with Crippen LogP contribution in [0.15, 0.2) is 12.1 Å². The Balaban J connectivity index is 1.88. The third-order valence-electron chi connectivity index (χ3n) is 4.75. The van der Waals surface area contributed by atoms with Crippen LogP contribution in [0.3, 0.4) is 0 Å². The maximum atomic E-state index is 14.2. The van der Waals surface area contributed by atoms with Gasteiger partial charge < -0.3 is 15.1 Å². The number of piperidine rings is 1. The molecule has 2 heterocycles. The van der Waals surface area contributed by atoms with Crippen molar-refractivity contribution in [3.05, 3.63) is 29.3 Å². The number of piperazine rings is 1. The fraction of sp³-hybridized carbons (Fsp3) is 0.562. The fourth-order valence-corrected chi connectivity index (χ4v) is 3.35. The Morgan fingerprint density at radius 3 is 2.55 bits per heavy atom. The number of carbonyl (C=O) groups excluding carboxylic acids is 1. The average molecular weight is 309 g/mol. The van der Waals surface area contributed by atoms with Crippen molar-refractivity contribution in [1.29, 1.82) is 0 Å². The van der Waals surface area contributed by atoms with Crippen molar-refractivity contribution in [1.82, 2.24) is 10.2 Å². The molecule has 0 atom stereocenters. The molecule has 0 aliphatic carbocycles. The number of likely N-dealkylation sites (tertiary alicyclic amines) is 1. The second kappa shape index (κ2) is 5.50. The van der Waals surface area contributed by atoms with E-state index in [1.807, 2.05) is 7.05 Å². The Morgan fingerprint density at radius 1 is 1.18 bits per heavy atom. The van der Waals surface area contributed by atoms with E-state index in [0.717, 1.165) is 25.9 Å². The summed E-state index contributed by atoms with van der Waals surface area (Å²) < 4.78 is 28.0. The summed E-state index contributed by atoms with van der Waals surface area (Å²) in [6, 6.07) is 2.39. The van der Waals surface area contributed by atoms with E-state index in [0.29, 0.717) is 6.54 Å². The zero-order chi connectivity index (χ0) is 15.9. The van der Waals surface area contributed by atoms with Gasteiger partial charge in [-0.15, -0.1) is 0 Å². The van der Waals surface area contributed by atoms with Crippen molar-refractivity contribution in [2.75, 3.05) is 38.1 Å². The number of rotatable bonds is 1. The molecule has 1 spiro atoms. The highest BCUT2D eigenvalue weighted by Crippen LogP contribution is 2.30. The molecule has 0 bridgehead atoms. The molecule has 1 aromatic carbocycles. The Bertz CT molecular complexity index is 597. The quantitative estimate of drug-likeness (QED) is 0.857. The minimum Gasteiger partial charge on any atom is -0.357 e. The zero-order valence-electron chi connectivity index (χ0n) is 13.0. The van der Waals surface area contributed by atoms with Crippen LogP contribution < -0.4 is 10.2 Å². The molecular weight excluding hydrogens is 288 g/mol. The number of aryl methyl sites for hydroxylation is 1. The second-order valence-corrected chi connectivity index (χ2v) is 6.54. The number of nitrogens with one attached hydrogen (secondary N) is 1. The molecule has 0 unspecified atom stereocenters. The number of hydrogen-bond donors (Lipinski definition) is 1. The van der Waals surface area contributed by atoms with Gasteiger partial charge >= 0.3 is 0 Å². The molecule has 1 aromatic rings. The van der Waals surface area contributed by atoms with Crippen LogP contribution in [0.2, 0.25) is 0 Å². The maximum Gasteiger partial charge on any atom is 0.240 e. The number of halogens is 2. The summed E-state index contributed by atoms with van der Waals surface area (Å²) in [6.07, 6.45) is 1.64. The van der Waals surface area contributed by atoms with Gasteiger partial charge in [-0.2, -0.15) is 0 Å². The molecule has 0 radical (unpaired) electrons. The molecule has 4 nitrogen and oxygen atoms in total. The first-order chi connectivity index (χ1) is 10.4. The van der Waals surface area contributed by atoms with Crippen molar-refractivity contribution in [3.8, 4) is 0 Å². The first-order valence-electron chi connectivity index (χ1n) is 7.59.